The Morgan fingerprint density at radius 3 is 2.14 bits per heavy atom. The summed E-state index contributed by atoms with van der Waals surface area (Å²) in [5.74, 6) is 0. The zero-order valence-corrected chi connectivity index (χ0v) is 10.2. The molecule has 1 N–H and O–H groups in total. The maximum atomic E-state index is 10.6. The van der Waals surface area contributed by atoms with E-state index in [9.17, 15) is 5.11 Å². The van der Waals surface area contributed by atoms with Gasteiger partial charge in [0.05, 0.1) is 16.8 Å². The Labute approximate surface area is 87.7 Å². The third kappa shape index (κ3) is 2.12. The van der Waals surface area contributed by atoms with E-state index in [1.54, 1.807) is 0 Å². The average molecular weight is 200 g/mol. The normalized spacial score (nSPS) is 34.7. The Bertz CT molecular complexity index is 208. The lowest BCUT2D eigenvalue weighted by Gasteiger charge is -2.35. The number of rotatable bonds is 3. The highest BCUT2D eigenvalue weighted by molar-refractivity contribution is 5.05. The first-order chi connectivity index (χ1) is 6.22. The van der Waals surface area contributed by atoms with E-state index >= 15 is 0 Å². The number of unbranched alkanes of at least 4 members (excludes halogenated alkanes) is 1. The molecule has 1 heterocycles. The van der Waals surface area contributed by atoms with Crippen molar-refractivity contribution in [1.29, 1.82) is 0 Å². The van der Waals surface area contributed by atoms with Crippen molar-refractivity contribution in [2.24, 2.45) is 0 Å². The van der Waals surface area contributed by atoms with Crippen molar-refractivity contribution in [3.63, 3.8) is 0 Å². The first-order valence-electron chi connectivity index (χ1n) is 5.65. The highest BCUT2D eigenvalue weighted by Gasteiger charge is 2.55. The minimum absolute atomic E-state index is 0.189. The Morgan fingerprint density at radius 1 is 1.21 bits per heavy atom. The van der Waals surface area contributed by atoms with Crippen LogP contribution in [0.25, 0.3) is 0 Å². The van der Waals surface area contributed by atoms with Crippen LogP contribution < -0.4 is 0 Å². The second-order valence-corrected chi connectivity index (χ2v) is 5.68. The summed E-state index contributed by atoms with van der Waals surface area (Å²) in [4.78, 5) is 0. The Kier molecular flexibility index (Phi) is 2.99. The van der Waals surface area contributed by atoms with Crippen LogP contribution in [-0.4, -0.2) is 21.9 Å². The molecule has 2 nitrogen and oxygen atoms in total. The summed E-state index contributed by atoms with van der Waals surface area (Å²) in [6.07, 6.45) is 3.78. The summed E-state index contributed by atoms with van der Waals surface area (Å²) in [7, 11) is 0. The summed E-state index contributed by atoms with van der Waals surface area (Å²) >= 11 is 0. The van der Waals surface area contributed by atoms with Crippen molar-refractivity contribution in [1.82, 2.24) is 0 Å². The highest BCUT2D eigenvalue weighted by atomic mass is 16.5. The highest BCUT2D eigenvalue weighted by Crippen LogP contribution is 2.47. The molecule has 1 atom stereocenters. The molecule has 0 aromatic rings. The Morgan fingerprint density at radius 2 is 1.79 bits per heavy atom. The van der Waals surface area contributed by atoms with Gasteiger partial charge in [0.2, 0.25) is 0 Å². The molecule has 0 bridgehead atoms. The van der Waals surface area contributed by atoms with Crippen LogP contribution in [0.2, 0.25) is 0 Å². The van der Waals surface area contributed by atoms with Gasteiger partial charge in [0.25, 0.3) is 0 Å². The molecule has 1 rings (SSSR count). The molecule has 1 saturated heterocycles. The van der Waals surface area contributed by atoms with Gasteiger partial charge in [0.1, 0.15) is 0 Å². The third-order valence-corrected chi connectivity index (χ3v) is 3.31. The summed E-state index contributed by atoms with van der Waals surface area (Å²) in [5, 5.41) is 10.6. The quantitative estimate of drug-likeness (QED) is 0.759. The first kappa shape index (κ1) is 12.0. The second kappa shape index (κ2) is 3.49. The van der Waals surface area contributed by atoms with Crippen LogP contribution in [0, 0.1) is 0 Å². The van der Waals surface area contributed by atoms with Gasteiger partial charge in [-0.2, -0.15) is 0 Å². The van der Waals surface area contributed by atoms with Crippen LogP contribution in [0.1, 0.15) is 60.3 Å². The largest absolute Gasteiger partial charge is 0.387 e. The standard InChI is InChI=1S/C12H24O2/c1-6-7-8-12(13)9-10(2,3)14-11(12,4)5/h13H,6-9H2,1-5H3. The van der Waals surface area contributed by atoms with Gasteiger partial charge in [0, 0.05) is 6.42 Å². The monoisotopic (exact) mass is 200 g/mol. The minimum atomic E-state index is -0.646. The van der Waals surface area contributed by atoms with Gasteiger partial charge in [-0.3, -0.25) is 0 Å². The third-order valence-electron chi connectivity index (χ3n) is 3.31. The predicted octanol–water partition coefficient (Wildman–Crippen LogP) is 2.89. The number of hydrogen-bond donors (Lipinski definition) is 1. The number of aliphatic hydroxyl groups is 1. The van der Waals surface area contributed by atoms with E-state index in [-0.39, 0.29) is 5.60 Å². The van der Waals surface area contributed by atoms with E-state index in [1.165, 1.54) is 0 Å². The van der Waals surface area contributed by atoms with Gasteiger partial charge < -0.3 is 9.84 Å². The second-order valence-electron chi connectivity index (χ2n) is 5.68. The van der Waals surface area contributed by atoms with Crippen molar-refractivity contribution in [2.75, 3.05) is 0 Å². The molecule has 1 unspecified atom stereocenters. The van der Waals surface area contributed by atoms with E-state index < -0.39 is 11.2 Å². The van der Waals surface area contributed by atoms with Crippen LogP contribution in [0.5, 0.6) is 0 Å². The average Bonchev–Trinajstić information content (AvgIpc) is 2.12. The molecule has 14 heavy (non-hydrogen) atoms. The smallest absolute Gasteiger partial charge is 0.0958 e. The summed E-state index contributed by atoms with van der Waals surface area (Å²) in [6, 6.07) is 0. The molecule has 1 fully saturated rings. The molecule has 0 aromatic heterocycles. The topological polar surface area (TPSA) is 29.5 Å². The molecule has 1 aliphatic heterocycles. The molecule has 0 spiro atoms. The van der Waals surface area contributed by atoms with E-state index in [4.69, 9.17) is 4.74 Å². The molecule has 0 aromatic carbocycles. The summed E-state index contributed by atoms with van der Waals surface area (Å²) < 4.78 is 5.90. The van der Waals surface area contributed by atoms with Gasteiger partial charge in [0.15, 0.2) is 0 Å². The van der Waals surface area contributed by atoms with Gasteiger partial charge in [-0.15, -0.1) is 0 Å². The molecule has 2 heteroatoms. The van der Waals surface area contributed by atoms with E-state index in [0.29, 0.717) is 0 Å². The van der Waals surface area contributed by atoms with Crippen molar-refractivity contribution in [2.45, 2.75) is 77.1 Å². The molecule has 1 aliphatic rings. The number of hydrogen-bond acceptors (Lipinski definition) is 2. The minimum Gasteiger partial charge on any atom is -0.387 e. The van der Waals surface area contributed by atoms with Gasteiger partial charge in [-0.1, -0.05) is 19.8 Å². The van der Waals surface area contributed by atoms with Gasteiger partial charge in [-0.05, 0) is 34.1 Å². The van der Waals surface area contributed by atoms with E-state index in [2.05, 4.69) is 20.8 Å². The van der Waals surface area contributed by atoms with Crippen LogP contribution in [-0.2, 0) is 4.74 Å². The van der Waals surface area contributed by atoms with E-state index in [0.717, 1.165) is 25.7 Å². The molecule has 0 aliphatic carbocycles. The first-order valence-corrected chi connectivity index (χ1v) is 5.65. The van der Waals surface area contributed by atoms with Crippen LogP contribution in [0.15, 0.2) is 0 Å². The summed E-state index contributed by atoms with van der Waals surface area (Å²) in [6.45, 7) is 10.3. The molecular weight excluding hydrogens is 176 g/mol. The SMILES string of the molecule is CCCCC1(O)CC(C)(C)OC1(C)C. The van der Waals surface area contributed by atoms with Crippen molar-refractivity contribution in [3.05, 3.63) is 0 Å². The Balaban J connectivity index is 2.77. The lowest BCUT2D eigenvalue weighted by atomic mass is 9.79. The fourth-order valence-electron chi connectivity index (χ4n) is 2.60. The van der Waals surface area contributed by atoms with Gasteiger partial charge in [-0.25, -0.2) is 0 Å². The zero-order valence-electron chi connectivity index (χ0n) is 10.2. The lowest BCUT2D eigenvalue weighted by molar-refractivity contribution is -0.129. The van der Waals surface area contributed by atoms with Crippen LogP contribution >= 0.6 is 0 Å². The molecule has 0 saturated carbocycles. The lowest BCUT2D eigenvalue weighted by Crippen LogP contribution is -2.46. The number of ether oxygens (including phenoxy) is 1. The predicted molar refractivity (Wildman–Crippen MR) is 58.3 cm³/mol. The molecule has 0 amide bonds. The molecule has 84 valence electrons. The van der Waals surface area contributed by atoms with Crippen molar-refractivity contribution >= 4 is 0 Å². The molecular formula is C12H24O2. The summed E-state index contributed by atoms with van der Waals surface area (Å²) in [5.41, 5.74) is -1.25. The fourth-order valence-corrected chi connectivity index (χ4v) is 2.60. The maximum Gasteiger partial charge on any atom is 0.0958 e. The fraction of sp³-hybridized carbons (Fsp3) is 1.00. The maximum absolute atomic E-state index is 10.6. The molecule has 0 radical (unpaired) electrons. The van der Waals surface area contributed by atoms with Crippen LogP contribution in [0.4, 0.5) is 0 Å². The Hall–Kier alpha value is -0.0800. The zero-order chi connectivity index (χ0) is 11.0. The van der Waals surface area contributed by atoms with Crippen molar-refractivity contribution in [3.8, 4) is 0 Å². The van der Waals surface area contributed by atoms with Crippen molar-refractivity contribution < 1.29 is 9.84 Å². The van der Waals surface area contributed by atoms with E-state index in [1.807, 2.05) is 13.8 Å². The van der Waals surface area contributed by atoms with Gasteiger partial charge >= 0.3 is 0 Å². The van der Waals surface area contributed by atoms with Crippen LogP contribution in [0.3, 0.4) is 0 Å².